The van der Waals surface area contributed by atoms with Crippen molar-refractivity contribution in [3.05, 3.63) is 58.3 Å². The molecule has 1 aromatic heterocycles. The Hall–Kier alpha value is -2.45. The van der Waals surface area contributed by atoms with Crippen LogP contribution in [-0.4, -0.2) is 29.0 Å². The van der Waals surface area contributed by atoms with Crippen molar-refractivity contribution in [1.29, 1.82) is 0 Å². The second kappa shape index (κ2) is 5.74. The molecule has 0 atom stereocenters. The molecule has 3 rings (SSSR count). The van der Waals surface area contributed by atoms with Crippen molar-refractivity contribution in [2.75, 3.05) is 0 Å². The standard InChI is InChI=1S/C13H9ClN5O2S/c14-10-4-6-12(7-5-10)22(20,21)17-11-3-1-2-9(8-11)13-15-18-19-16-13/h1-8H,(H,15,16,18,19)/q-1. The Morgan fingerprint density at radius 1 is 1.09 bits per heavy atom. The van der Waals surface area contributed by atoms with Gasteiger partial charge in [0.1, 0.15) is 10.0 Å². The van der Waals surface area contributed by atoms with E-state index in [0.717, 1.165) is 0 Å². The number of benzene rings is 2. The smallest absolute Gasteiger partial charge is 0.204 e. The van der Waals surface area contributed by atoms with Crippen LogP contribution in [0.5, 0.6) is 0 Å². The Balaban J connectivity index is 1.89. The summed E-state index contributed by atoms with van der Waals surface area (Å²) < 4.78 is 28.3. The van der Waals surface area contributed by atoms with Crippen molar-refractivity contribution in [2.24, 2.45) is 0 Å². The summed E-state index contributed by atoms with van der Waals surface area (Å²) in [6.45, 7) is 0. The molecule has 0 aliphatic rings. The SMILES string of the molecule is O=S(=O)([N-]c1cccc(-c2nn[nH]n2)c1)c1ccc(Cl)cc1. The lowest BCUT2D eigenvalue weighted by molar-refractivity contribution is 0.603. The zero-order valence-electron chi connectivity index (χ0n) is 11.0. The minimum absolute atomic E-state index is 0.0712. The quantitative estimate of drug-likeness (QED) is 0.790. The molecule has 0 saturated heterocycles. The van der Waals surface area contributed by atoms with E-state index >= 15 is 0 Å². The van der Waals surface area contributed by atoms with Gasteiger partial charge in [-0.1, -0.05) is 35.9 Å². The van der Waals surface area contributed by atoms with Crippen LogP contribution in [0.1, 0.15) is 0 Å². The van der Waals surface area contributed by atoms with Crippen molar-refractivity contribution in [1.82, 2.24) is 20.6 Å². The zero-order valence-corrected chi connectivity index (χ0v) is 12.6. The summed E-state index contributed by atoms with van der Waals surface area (Å²) in [5, 5.41) is 13.9. The van der Waals surface area contributed by atoms with Gasteiger partial charge in [-0.05, 0) is 29.5 Å². The maximum atomic E-state index is 12.3. The zero-order chi connectivity index (χ0) is 15.6. The molecule has 0 spiro atoms. The van der Waals surface area contributed by atoms with Gasteiger partial charge >= 0.3 is 0 Å². The highest BCUT2D eigenvalue weighted by Crippen LogP contribution is 2.30. The average molecular weight is 335 g/mol. The van der Waals surface area contributed by atoms with Gasteiger partial charge in [0.15, 0.2) is 0 Å². The van der Waals surface area contributed by atoms with Crippen LogP contribution < -0.4 is 0 Å². The molecule has 0 aliphatic heterocycles. The third kappa shape index (κ3) is 3.07. The van der Waals surface area contributed by atoms with E-state index in [0.29, 0.717) is 16.4 Å². The fourth-order valence-electron chi connectivity index (χ4n) is 1.78. The van der Waals surface area contributed by atoms with Gasteiger partial charge in [-0.2, -0.15) is 5.21 Å². The number of hydrogen-bond acceptors (Lipinski definition) is 5. The van der Waals surface area contributed by atoms with Gasteiger partial charge in [-0.15, -0.1) is 15.9 Å². The largest absolute Gasteiger partial charge is 0.573 e. The van der Waals surface area contributed by atoms with Gasteiger partial charge < -0.3 is 4.72 Å². The fraction of sp³-hybridized carbons (Fsp3) is 0. The van der Waals surface area contributed by atoms with E-state index in [1.165, 1.54) is 24.3 Å². The molecule has 3 aromatic rings. The Morgan fingerprint density at radius 3 is 2.55 bits per heavy atom. The highest BCUT2D eigenvalue weighted by atomic mass is 35.5. The van der Waals surface area contributed by atoms with E-state index < -0.39 is 10.0 Å². The van der Waals surface area contributed by atoms with Crippen LogP contribution in [0.2, 0.25) is 5.02 Å². The summed E-state index contributed by atoms with van der Waals surface area (Å²) in [6.07, 6.45) is 0. The normalized spacial score (nSPS) is 11.3. The molecule has 0 bridgehead atoms. The molecule has 1 N–H and O–H groups in total. The number of nitrogens with zero attached hydrogens (tertiary/aromatic N) is 4. The number of aromatic amines is 1. The van der Waals surface area contributed by atoms with Crippen molar-refractivity contribution < 1.29 is 8.42 Å². The first kappa shape index (κ1) is 14.5. The molecule has 9 heteroatoms. The lowest BCUT2D eigenvalue weighted by Crippen LogP contribution is -1.97. The average Bonchev–Trinajstić information content (AvgIpc) is 3.02. The van der Waals surface area contributed by atoms with Crippen molar-refractivity contribution in [3.63, 3.8) is 0 Å². The number of tetrazole rings is 1. The molecule has 0 saturated carbocycles. The fourth-order valence-corrected chi connectivity index (χ4v) is 2.89. The molecule has 2 aromatic carbocycles. The summed E-state index contributed by atoms with van der Waals surface area (Å²) >= 11 is 5.75. The van der Waals surface area contributed by atoms with Crippen LogP contribution in [0.4, 0.5) is 5.69 Å². The highest BCUT2D eigenvalue weighted by Gasteiger charge is 2.06. The summed E-state index contributed by atoms with van der Waals surface area (Å²) in [5.74, 6) is 0.362. The third-order valence-electron chi connectivity index (χ3n) is 2.79. The molecule has 7 nitrogen and oxygen atoms in total. The molecule has 0 radical (unpaired) electrons. The Bertz CT molecular complexity index is 879. The van der Waals surface area contributed by atoms with E-state index in [4.69, 9.17) is 11.6 Å². The van der Waals surface area contributed by atoms with Gasteiger partial charge in [0.25, 0.3) is 0 Å². The summed E-state index contributed by atoms with van der Waals surface area (Å²) in [4.78, 5) is 0.0712. The minimum Gasteiger partial charge on any atom is -0.573 e. The van der Waals surface area contributed by atoms with Gasteiger partial charge in [0.2, 0.25) is 5.82 Å². The van der Waals surface area contributed by atoms with Gasteiger partial charge in [-0.3, -0.25) is 0 Å². The van der Waals surface area contributed by atoms with Crippen LogP contribution in [0.3, 0.4) is 0 Å². The van der Waals surface area contributed by atoms with E-state index in [1.54, 1.807) is 24.3 Å². The minimum atomic E-state index is -3.81. The first-order chi connectivity index (χ1) is 10.5. The Labute approximate surface area is 131 Å². The second-order valence-electron chi connectivity index (χ2n) is 4.31. The van der Waals surface area contributed by atoms with Gasteiger partial charge in [-0.25, -0.2) is 8.42 Å². The number of halogens is 1. The van der Waals surface area contributed by atoms with Crippen LogP contribution in [0.15, 0.2) is 53.4 Å². The number of aromatic nitrogens is 4. The molecule has 22 heavy (non-hydrogen) atoms. The maximum absolute atomic E-state index is 12.3. The molecule has 0 unspecified atom stereocenters. The number of nitrogens with one attached hydrogen (secondary N) is 1. The summed E-state index contributed by atoms with van der Waals surface area (Å²) in [6, 6.07) is 12.4. The molecule has 1 heterocycles. The van der Waals surface area contributed by atoms with Gasteiger partial charge in [0, 0.05) is 10.6 Å². The van der Waals surface area contributed by atoms with Crippen LogP contribution >= 0.6 is 11.6 Å². The van der Waals surface area contributed by atoms with Crippen molar-refractivity contribution in [2.45, 2.75) is 4.90 Å². The molecule has 0 fully saturated rings. The monoisotopic (exact) mass is 334 g/mol. The number of H-pyrrole nitrogens is 1. The Kier molecular flexibility index (Phi) is 3.78. The highest BCUT2D eigenvalue weighted by molar-refractivity contribution is 7.94. The molecule has 0 amide bonds. The summed E-state index contributed by atoms with van der Waals surface area (Å²) in [5.41, 5.74) is 0.888. The predicted molar refractivity (Wildman–Crippen MR) is 81.3 cm³/mol. The molecule has 112 valence electrons. The maximum Gasteiger partial charge on any atom is 0.204 e. The predicted octanol–water partition coefficient (Wildman–Crippen LogP) is 2.91. The molecular formula is C13H9ClN5O2S-. The number of hydrogen-bond donors (Lipinski definition) is 1. The molecular weight excluding hydrogens is 326 g/mol. The lowest BCUT2D eigenvalue weighted by atomic mass is 10.2. The van der Waals surface area contributed by atoms with Crippen LogP contribution in [-0.2, 0) is 10.0 Å². The Morgan fingerprint density at radius 2 is 1.86 bits per heavy atom. The lowest BCUT2D eigenvalue weighted by Gasteiger charge is -2.22. The van der Waals surface area contributed by atoms with Crippen molar-refractivity contribution >= 4 is 27.3 Å². The van der Waals surface area contributed by atoms with Crippen LogP contribution in [0, 0.1) is 0 Å². The first-order valence-corrected chi connectivity index (χ1v) is 7.94. The first-order valence-electron chi connectivity index (χ1n) is 6.12. The van der Waals surface area contributed by atoms with Crippen LogP contribution in [0.25, 0.3) is 16.1 Å². The second-order valence-corrected chi connectivity index (χ2v) is 6.35. The van der Waals surface area contributed by atoms with E-state index in [1.807, 2.05) is 0 Å². The number of rotatable bonds is 4. The third-order valence-corrected chi connectivity index (χ3v) is 4.36. The van der Waals surface area contributed by atoms with Gasteiger partial charge in [0.05, 0.1) is 4.90 Å². The number of sulfonamides is 1. The molecule has 0 aliphatic carbocycles. The van der Waals surface area contributed by atoms with E-state index in [2.05, 4.69) is 25.3 Å². The van der Waals surface area contributed by atoms with E-state index in [9.17, 15) is 8.42 Å². The van der Waals surface area contributed by atoms with Crippen molar-refractivity contribution in [3.8, 4) is 11.4 Å². The van der Waals surface area contributed by atoms with E-state index in [-0.39, 0.29) is 10.6 Å². The summed E-state index contributed by atoms with van der Waals surface area (Å²) in [7, 11) is -3.81. The topological polar surface area (TPSA) is 103 Å².